The van der Waals surface area contributed by atoms with Gasteiger partial charge in [0.15, 0.2) is 0 Å². The first-order valence-electron chi connectivity index (χ1n) is 6.38. The Balaban J connectivity index is 1.86. The molecule has 2 aliphatic heterocycles. The Labute approximate surface area is 97.0 Å². The highest BCUT2D eigenvalue weighted by Gasteiger charge is 2.29. The summed E-state index contributed by atoms with van der Waals surface area (Å²) in [6, 6.07) is 9.26. The number of nitrogens with one attached hydrogen (secondary N) is 1. The molecule has 0 amide bonds. The highest BCUT2D eigenvalue weighted by Crippen LogP contribution is 2.32. The number of ether oxygens (including phenoxy) is 1. The van der Waals surface area contributed by atoms with E-state index in [1.54, 1.807) is 0 Å². The lowest BCUT2D eigenvalue weighted by atomic mass is 9.89. The fourth-order valence-electron chi connectivity index (χ4n) is 2.90. The van der Waals surface area contributed by atoms with Crippen molar-refractivity contribution in [1.82, 2.24) is 5.32 Å². The average Bonchev–Trinajstić information content (AvgIpc) is 2.39. The number of piperidine rings is 1. The fourth-order valence-corrected chi connectivity index (χ4v) is 2.90. The lowest BCUT2D eigenvalue weighted by molar-refractivity contribution is 0.00895. The maximum absolute atomic E-state index is 5.98. The van der Waals surface area contributed by atoms with Gasteiger partial charge < -0.3 is 10.1 Å². The van der Waals surface area contributed by atoms with Crippen molar-refractivity contribution in [2.75, 3.05) is 13.2 Å². The molecule has 1 unspecified atom stereocenters. The molecule has 0 aliphatic carbocycles. The van der Waals surface area contributed by atoms with E-state index < -0.39 is 0 Å². The molecule has 16 heavy (non-hydrogen) atoms. The van der Waals surface area contributed by atoms with Gasteiger partial charge in [-0.15, -0.1) is 0 Å². The standard InChI is InChI=1S/C14H19NO/c1-2-6-12-11(5-1)8-10-16-14(12)13-7-3-4-9-15-13/h1-2,5-6,13-15H,3-4,7-10H2/t13?,14-/m1/s1. The first-order valence-corrected chi connectivity index (χ1v) is 6.38. The largest absolute Gasteiger partial charge is 0.372 e. The fraction of sp³-hybridized carbons (Fsp3) is 0.571. The van der Waals surface area contributed by atoms with Crippen LogP contribution in [0.15, 0.2) is 24.3 Å². The lowest BCUT2D eigenvalue weighted by Gasteiger charge is -2.35. The molecule has 86 valence electrons. The Morgan fingerprint density at radius 1 is 1.19 bits per heavy atom. The Morgan fingerprint density at radius 3 is 3.00 bits per heavy atom. The van der Waals surface area contributed by atoms with Crippen LogP contribution >= 0.6 is 0 Å². The Morgan fingerprint density at radius 2 is 2.12 bits per heavy atom. The van der Waals surface area contributed by atoms with Gasteiger partial charge in [-0.05, 0) is 36.9 Å². The topological polar surface area (TPSA) is 21.3 Å². The molecule has 2 atom stereocenters. The molecule has 0 spiro atoms. The maximum Gasteiger partial charge on any atom is 0.0980 e. The van der Waals surface area contributed by atoms with E-state index >= 15 is 0 Å². The molecule has 2 aliphatic rings. The molecule has 1 aromatic rings. The molecule has 2 heterocycles. The van der Waals surface area contributed by atoms with Crippen LogP contribution < -0.4 is 5.32 Å². The molecule has 3 rings (SSSR count). The normalized spacial score (nSPS) is 29.8. The summed E-state index contributed by atoms with van der Waals surface area (Å²) < 4.78 is 5.98. The van der Waals surface area contributed by atoms with Gasteiger partial charge in [0.05, 0.1) is 12.7 Å². The maximum atomic E-state index is 5.98. The molecule has 0 aromatic heterocycles. The highest BCUT2D eigenvalue weighted by molar-refractivity contribution is 5.32. The van der Waals surface area contributed by atoms with Crippen LogP contribution in [-0.4, -0.2) is 19.2 Å². The molecule has 0 bridgehead atoms. The van der Waals surface area contributed by atoms with E-state index in [0.29, 0.717) is 6.04 Å². The zero-order valence-electron chi connectivity index (χ0n) is 9.61. The van der Waals surface area contributed by atoms with Gasteiger partial charge in [-0.1, -0.05) is 30.7 Å². The predicted octanol–water partition coefficient (Wildman–Crippen LogP) is 2.44. The van der Waals surface area contributed by atoms with E-state index in [9.17, 15) is 0 Å². The van der Waals surface area contributed by atoms with Crippen molar-refractivity contribution in [2.24, 2.45) is 0 Å². The van der Waals surface area contributed by atoms with Gasteiger partial charge in [0, 0.05) is 6.04 Å². The Hall–Kier alpha value is -0.860. The van der Waals surface area contributed by atoms with Gasteiger partial charge in [0.2, 0.25) is 0 Å². The first kappa shape index (κ1) is 10.3. The third-order valence-corrected chi connectivity index (χ3v) is 3.74. The zero-order valence-corrected chi connectivity index (χ0v) is 9.61. The predicted molar refractivity (Wildman–Crippen MR) is 64.5 cm³/mol. The van der Waals surface area contributed by atoms with Gasteiger partial charge in [-0.25, -0.2) is 0 Å². The minimum atomic E-state index is 0.283. The first-order chi connectivity index (χ1) is 7.95. The van der Waals surface area contributed by atoms with Crippen molar-refractivity contribution in [2.45, 2.75) is 37.8 Å². The van der Waals surface area contributed by atoms with Crippen LogP contribution in [-0.2, 0) is 11.2 Å². The van der Waals surface area contributed by atoms with Crippen LogP contribution in [0.1, 0.15) is 36.5 Å². The molecular formula is C14H19NO. The summed E-state index contributed by atoms with van der Waals surface area (Å²) in [5, 5.41) is 3.60. The number of hydrogen-bond donors (Lipinski definition) is 1. The minimum absolute atomic E-state index is 0.283. The third kappa shape index (κ3) is 1.87. The van der Waals surface area contributed by atoms with Gasteiger partial charge >= 0.3 is 0 Å². The summed E-state index contributed by atoms with van der Waals surface area (Å²) in [6.07, 6.45) is 5.24. The third-order valence-electron chi connectivity index (χ3n) is 3.74. The van der Waals surface area contributed by atoms with Crippen LogP contribution in [0.5, 0.6) is 0 Å². The SMILES string of the molecule is c1ccc2c(c1)CCO[C@H]2C1CCCCN1. The van der Waals surface area contributed by atoms with Crippen molar-refractivity contribution in [1.29, 1.82) is 0 Å². The summed E-state index contributed by atoms with van der Waals surface area (Å²) in [5.74, 6) is 0. The number of rotatable bonds is 1. The molecule has 2 heteroatoms. The Kier molecular flexibility index (Phi) is 2.94. The summed E-state index contributed by atoms with van der Waals surface area (Å²) in [4.78, 5) is 0. The van der Waals surface area contributed by atoms with Crippen LogP contribution in [0.2, 0.25) is 0 Å². The summed E-state index contributed by atoms with van der Waals surface area (Å²) in [6.45, 7) is 2.02. The van der Waals surface area contributed by atoms with Gasteiger partial charge in [-0.3, -0.25) is 0 Å². The van der Waals surface area contributed by atoms with Crippen molar-refractivity contribution in [3.8, 4) is 0 Å². The summed E-state index contributed by atoms with van der Waals surface area (Å²) in [5.41, 5.74) is 2.89. The summed E-state index contributed by atoms with van der Waals surface area (Å²) >= 11 is 0. The summed E-state index contributed by atoms with van der Waals surface area (Å²) in [7, 11) is 0. The van der Waals surface area contributed by atoms with E-state index in [-0.39, 0.29) is 6.10 Å². The molecule has 2 nitrogen and oxygen atoms in total. The molecule has 0 radical (unpaired) electrons. The smallest absolute Gasteiger partial charge is 0.0980 e. The zero-order chi connectivity index (χ0) is 10.8. The van der Waals surface area contributed by atoms with Crippen LogP contribution in [0.25, 0.3) is 0 Å². The van der Waals surface area contributed by atoms with Gasteiger partial charge in [-0.2, -0.15) is 0 Å². The second-order valence-electron chi connectivity index (χ2n) is 4.80. The van der Waals surface area contributed by atoms with E-state index in [1.165, 1.54) is 30.4 Å². The van der Waals surface area contributed by atoms with Crippen LogP contribution in [0.3, 0.4) is 0 Å². The van der Waals surface area contributed by atoms with Crippen molar-refractivity contribution in [3.63, 3.8) is 0 Å². The van der Waals surface area contributed by atoms with Crippen LogP contribution in [0.4, 0.5) is 0 Å². The van der Waals surface area contributed by atoms with E-state index in [0.717, 1.165) is 19.6 Å². The van der Waals surface area contributed by atoms with E-state index in [4.69, 9.17) is 4.74 Å². The van der Waals surface area contributed by atoms with E-state index in [2.05, 4.69) is 29.6 Å². The molecule has 1 aromatic carbocycles. The van der Waals surface area contributed by atoms with Crippen LogP contribution in [0, 0.1) is 0 Å². The average molecular weight is 217 g/mol. The lowest BCUT2D eigenvalue weighted by Crippen LogP contribution is -2.41. The highest BCUT2D eigenvalue weighted by atomic mass is 16.5. The second kappa shape index (κ2) is 4.56. The number of hydrogen-bond acceptors (Lipinski definition) is 2. The molecule has 1 saturated heterocycles. The quantitative estimate of drug-likeness (QED) is 0.780. The Bertz CT molecular complexity index is 358. The van der Waals surface area contributed by atoms with Crippen molar-refractivity contribution < 1.29 is 4.74 Å². The molecular weight excluding hydrogens is 198 g/mol. The monoisotopic (exact) mass is 217 g/mol. The second-order valence-corrected chi connectivity index (χ2v) is 4.80. The van der Waals surface area contributed by atoms with Gasteiger partial charge in [0.25, 0.3) is 0 Å². The van der Waals surface area contributed by atoms with Crippen molar-refractivity contribution >= 4 is 0 Å². The van der Waals surface area contributed by atoms with Gasteiger partial charge in [0.1, 0.15) is 0 Å². The number of benzene rings is 1. The van der Waals surface area contributed by atoms with E-state index in [1.807, 2.05) is 0 Å². The molecule has 0 saturated carbocycles. The minimum Gasteiger partial charge on any atom is -0.372 e. The molecule has 1 fully saturated rings. The number of fused-ring (bicyclic) bond motifs is 1. The van der Waals surface area contributed by atoms with Crippen molar-refractivity contribution in [3.05, 3.63) is 35.4 Å². The molecule has 1 N–H and O–H groups in total.